The number of nitriles is 1. The van der Waals surface area contributed by atoms with E-state index < -0.39 is 10.0 Å². The van der Waals surface area contributed by atoms with Crippen LogP contribution in [0.15, 0.2) is 30.8 Å². The first-order chi connectivity index (χ1) is 11.1. The van der Waals surface area contributed by atoms with Crippen LogP contribution in [0.1, 0.15) is 36.7 Å². The van der Waals surface area contributed by atoms with Gasteiger partial charge in [0.15, 0.2) is 0 Å². The van der Waals surface area contributed by atoms with Crippen molar-refractivity contribution < 1.29 is 12.8 Å². The van der Waals surface area contributed by atoms with Crippen LogP contribution in [0.25, 0.3) is 16.7 Å². The molecule has 6 heteroatoms. The molecule has 0 radical (unpaired) electrons. The van der Waals surface area contributed by atoms with Crippen molar-refractivity contribution in [2.24, 2.45) is 0 Å². The summed E-state index contributed by atoms with van der Waals surface area (Å²) in [6.45, 7) is 9.18. The van der Waals surface area contributed by atoms with Crippen molar-refractivity contribution in [3.63, 3.8) is 0 Å². The molecule has 0 fully saturated rings. The Morgan fingerprint density at radius 3 is 2.25 bits per heavy atom. The Hall–Kier alpha value is -2.39. The summed E-state index contributed by atoms with van der Waals surface area (Å²) in [5, 5.41) is 9.34. The van der Waals surface area contributed by atoms with Crippen LogP contribution in [0.2, 0.25) is 0 Å². The van der Waals surface area contributed by atoms with E-state index in [2.05, 4.69) is 6.58 Å². The van der Waals surface area contributed by atoms with E-state index in [0.29, 0.717) is 28.1 Å². The Labute approximate surface area is 141 Å². The van der Waals surface area contributed by atoms with E-state index in [-0.39, 0.29) is 17.3 Å². The first-order valence-corrected chi connectivity index (χ1v) is 9.25. The fraction of sp³-hybridized carbons (Fsp3) is 0.278. The van der Waals surface area contributed by atoms with E-state index in [1.165, 1.54) is 16.1 Å². The molecule has 2 aromatic rings. The van der Waals surface area contributed by atoms with Gasteiger partial charge in [0.1, 0.15) is 5.82 Å². The van der Waals surface area contributed by atoms with Crippen molar-refractivity contribution in [3.05, 3.63) is 53.6 Å². The van der Waals surface area contributed by atoms with E-state index in [1.54, 1.807) is 19.1 Å². The average molecular weight is 346 g/mol. The molecule has 0 atom stereocenters. The molecule has 0 amide bonds. The predicted molar refractivity (Wildman–Crippen MR) is 93.5 cm³/mol. The van der Waals surface area contributed by atoms with Gasteiger partial charge in [0, 0.05) is 22.5 Å². The zero-order valence-electron chi connectivity index (χ0n) is 14.1. The molecular formula is C18H19FN2O2S. The number of hydrogen-bond acceptors (Lipinski definition) is 3. The third kappa shape index (κ3) is 3.00. The van der Waals surface area contributed by atoms with Gasteiger partial charge in [-0.25, -0.2) is 16.8 Å². The summed E-state index contributed by atoms with van der Waals surface area (Å²) in [5.41, 5.74) is 2.92. The summed E-state index contributed by atoms with van der Waals surface area (Å²) in [4.78, 5) is 0. The molecule has 24 heavy (non-hydrogen) atoms. The number of benzene rings is 1. The molecule has 0 spiro atoms. The Morgan fingerprint density at radius 2 is 1.83 bits per heavy atom. The summed E-state index contributed by atoms with van der Waals surface area (Å²) < 4.78 is 39.2. The smallest absolute Gasteiger partial charge is 0.236 e. The number of hydrogen-bond donors (Lipinski definition) is 0. The molecule has 126 valence electrons. The quantitative estimate of drug-likeness (QED) is 0.784. The van der Waals surface area contributed by atoms with Crippen molar-refractivity contribution in [1.82, 2.24) is 3.97 Å². The first-order valence-electron chi connectivity index (χ1n) is 7.40. The minimum atomic E-state index is -3.58. The fourth-order valence-corrected chi connectivity index (χ4v) is 4.22. The SMILES string of the molecule is C=C(C#N)c1c(-c2ccc(F)cc2)c(C)n(S(C)(=O)=O)c1C(C)C. The van der Waals surface area contributed by atoms with Gasteiger partial charge in [-0.1, -0.05) is 32.6 Å². The Bertz CT molecular complexity index is 946. The van der Waals surface area contributed by atoms with Crippen molar-refractivity contribution >= 4 is 15.6 Å². The number of aromatic nitrogens is 1. The van der Waals surface area contributed by atoms with Gasteiger partial charge in [0.2, 0.25) is 10.0 Å². The molecule has 0 aliphatic rings. The third-order valence-corrected chi connectivity index (χ3v) is 4.97. The van der Waals surface area contributed by atoms with Crippen LogP contribution >= 0.6 is 0 Å². The normalized spacial score (nSPS) is 11.5. The maximum atomic E-state index is 13.3. The Kier molecular flexibility index (Phi) is 4.68. The highest BCUT2D eigenvalue weighted by Crippen LogP contribution is 2.40. The largest absolute Gasteiger partial charge is 0.246 e. The second-order valence-corrected chi connectivity index (χ2v) is 7.83. The number of nitrogens with zero attached hydrogens (tertiary/aromatic N) is 2. The first kappa shape index (κ1) is 18.0. The van der Waals surface area contributed by atoms with Crippen LogP contribution in [-0.4, -0.2) is 18.6 Å². The number of halogens is 1. The molecule has 0 saturated carbocycles. The lowest BCUT2D eigenvalue weighted by atomic mass is 9.93. The van der Waals surface area contributed by atoms with Crippen LogP contribution in [0.3, 0.4) is 0 Å². The molecule has 2 rings (SSSR count). The summed E-state index contributed by atoms with van der Waals surface area (Å²) in [6, 6.07) is 7.77. The van der Waals surface area contributed by atoms with Crippen LogP contribution in [0.5, 0.6) is 0 Å². The lowest BCUT2D eigenvalue weighted by Gasteiger charge is -2.13. The van der Waals surface area contributed by atoms with E-state index in [0.717, 1.165) is 6.26 Å². The van der Waals surface area contributed by atoms with E-state index in [1.807, 2.05) is 19.9 Å². The molecule has 1 aromatic carbocycles. The number of rotatable bonds is 4. The zero-order valence-corrected chi connectivity index (χ0v) is 14.9. The van der Waals surface area contributed by atoms with Crippen LogP contribution in [0, 0.1) is 24.1 Å². The topological polar surface area (TPSA) is 62.9 Å². The second kappa shape index (κ2) is 6.25. The lowest BCUT2D eigenvalue weighted by Crippen LogP contribution is -2.16. The minimum absolute atomic E-state index is 0.146. The van der Waals surface area contributed by atoms with Gasteiger partial charge in [-0.05, 0) is 30.5 Å². The maximum Gasteiger partial charge on any atom is 0.236 e. The molecule has 0 unspecified atom stereocenters. The number of allylic oxidation sites excluding steroid dienone is 1. The van der Waals surface area contributed by atoms with Gasteiger partial charge in [-0.2, -0.15) is 5.26 Å². The average Bonchev–Trinajstić information content (AvgIpc) is 2.81. The third-order valence-electron chi connectivity index (χ3n) is 3.84. The van der Waals surface area contributed by atoms with Crippen LogP contribution < -0.4 is 0 Å². The fourth-order valence-electron chi connectivity index (χ4n) is 2.97. The van der Waals surface area contributed by atoms with E-state index >= 15 is 0 Å². The molecular weight excluding hydrogens is 327 g/mol. The molecule has 0 aliphatic carbocycles. The summed E-state index contributed by atoms with van der Waals surface area (Å²) in [5.74, 6) is -0.531. The highest BCUT2D eigenvalue weighted by Gasteiger charge is 2.28. The molecule has 0 N–H and O–H groups in total. The van der Waals surface area contributed by atoms with Gasteiger partial charge >= 0.3 is 0 Å². The summed E-state index contributed by atoms with van der Waals surface area (Å²) in [6.07, 6.45) is 1.12. The predicted octanol–water partition coefficient (Wildman–Crippen LogP) is 4.07. The Balaban J connectivity index is 3.01. The highest BCUT2D eigenvalue weighted by atomic mass is 32.2. The van der Waals surface area contributed by atoms with Gasteiger partial charge < -0.3 is 0 Å². The lowest BCUT2D eigenvalue weighted by molar-refractivity contribution is 0.587. The molecule has 0 aliphatic heterocycles. The van der Waals surface area contributed by atoms with Crippen molar-refractivity contribution in [1.29, 1.82) is 5.26 Å². The van der Waals surface area contributed by atoms with Crippen LogP contribution in [-0.2, 0) is 10.0 Å². The summed E-state index contributed by atoms with van der Waals surface area (Å²) >= 11 is 0. The zero-order chi connectivity index (χ0) is 18.2. The molecule has 0 bridgehead atoms. The van der Waals surface area contributed by atoms with Crippen LogP contribution in [0.4, 0.5) is 4.39 Å². The second-order valence-electron chi connectivity index (χ2n) is 6.00. The monoisotopic (exact) mass is 346 g/mol. The van der Waals surface area contributed by atoms with Crippen molar-refractivity contribution in [2.45, 2.75) is 26.7 Å². The molecule has 1 heterocycles. The molecule has 0 saturated heterocycles. The molecule has 4 nitrogen and oxygen atoms in total. The van der Waals surface area contributed by atoms with Crippen molar-refractivity contribution in [2.75, 3.05) is 6.26 Å². The maximum absolute atomic E-state index is 13.3. The van der Waals surface area contributed by atoms with Crippen molar-refractivity contribution in [3.8, 4) is 17.2 Å². The Morgan fingerprint density at radius 1 is 1.29 bits per heavy atom. The van der Waals surface area contributed by atoms with E-state index in [9.17, 15) is 18.1 Å². The highest BCUT2D eigenvalue weighted by molar-refractivity contribution is 7.89. The van der Waals surface area contributed by atoms with E-state index in [4.69, 9.17) is 0 Å². The molecule has 1 aromatic heterocycles. The minimum Gasteiger partial charge on any atom is -0.246 e. The van der Waals surface area contributed by atoms with Gasteiger partial charge in [-0.3, -0.25) is 0 Å². The summed E-state index contributed by atoms with van der Waals surface area (Å²) in [7, 11) is -3.58. The standard InChI is InChI=1S/C18H19FN2O2S/c1-11(2)18-16(12(3)10-20)17(13(4)21(18)24(5,22)23)14-6-8-15(19)9-7-14/h6-9,11H,3H2,1-2,4-5H3. The van der Waals surface area contributed by atoms with Gasteiger partial charge in [-0.15, -0.1) is 0 Å². The van der Waals surface area contributed by atoms with Gasteiger partial charge in [0.25, 0.3) is 0 Å². The van der Waals surface area contributed by atoms with Gasteiger partial charge in [0.05, 0.1) is 17.9 Å².